The van der Waals surface area contributed by atoms with E-state index in [-0.39, 0.29) is 5.91 Å². The van der Waals surface area contributed by atoms with Crippen LogP contribution >= 0.6 is 0 Å². The van der Waals surface area contributed by atoms with Crippen molar-refractivity contribution in [2.24, 2.45) is 0 Å². The van der Waals surface area contributed by atoms with Gasteiger partial charge in [0.15, 0.2) is 0 Å². The number of carbonyl (C=O) groups is 1. The zero-order valence-electron chi connectivity index (χ0n) is 11.6. The van der Waals surface area contributed by atoms with Crippen LogP contribution in [0.1, 0.15) is 17.5 Å². The van der Waals surface area contributed by atoms with Crippen LogP contribution in [0, 0.1) is 6.92 Å². The van der Waals surface area contributed by atoms with Crippen molar-refractivity contribution in [3.8, 4) is 5.75 Å². The fourth-order valence-corrected chi connectivity index (χ4v) is 1.85. The molecule has 0 radical (unpaired) electrons. The molecule has 2 aromatic carbocycles. The molecule has 2 rings (SSSR count). The standard InChI is InChI=1S/C17H19NO2/c1-14-6-5-9-16(12-14)20-11-10-17(19)18-13-15-7-3-2-4-8-15/h2-9,12H,10-11,13H2,1H3,(H,18,19). The molecule has 0 aliphatic carbocycles. The number of aryl methyl sites for hydroxylation is 1. The lowest BCUT2D eigenvalue weighted by atomic mass is 10.2. The lowest BCUT2D eigenvalue weighted by Gasteiger charge is -2.08. The van der Waals surface area contributed by atoms with Gasteiger partial charge in [0.05, 0.1) is 13.0 Å². The fraction of sp³-hybridized carbons (Fsp3) is 0.235. The molecule has 0 fully saturated rings. The maximum absolute atomic E-state index is 11.7. The molecule has 2 aromatic rings. The lowest BCUT2D eigenvalue weighted by molar-refractivity contribution is -0.121. The maximum atomic E-state index is 11.7. The Morgan fingerprint density at radius 2 is 1.90 bits per heavy atom. The molecule has 0 saturated heterocycles. The third kappa shape index (κ3) is 4.76. The minimum Gasteiger partial charge on any atom is -0.493 e. The zero-order valence-corrected chi connectivity index (χ0v) is 11.6. The molecule has 3 heteroatoms. The number of carbonyl (C=O) groups excluding carboxylic acids is 1. The van der Waals surface area contributed by atoms with Crippen molar-refractivity contribution in [2.75, 3.05) is 6.61 Å². The van der Waals surface area contributed by atoms with Crippen LogP contribution in [0.2, 0.25) is 0 Å². The molecule has 1 amide bonds. The summed E-state index contributed by atoms with van der Waals surface area (Å²) in [7, 11) is 0. The van der Waals surface area contributed by atoms with Crippen LogP contribution in [0.5, 0.6) is 5.75 Å². The zero-order chi connectivity index (χ0) is 14.2. The van der Waals surface area contributed by atoms with Gasteiger partial charge in [-0.25, -0.2) is 0 Å². The van der Waals surface area contributed by atoms with E-state index >= 15 is 0 Å². The molecule has 1 N–H and O–H groups in total. The van der Waals surface area contributed by atoms with E-state index in [1.165, 1.54) is 0 Å². The average molecular weight is 269 g/mol. The summed E-state index contributed by atoms with van der Waals surface area (Å²) in [5.74, 6) is 0.808. The van der Waals surface area contributed by atoms with Gasteiger partial charge in [-0.1, -0.05) is 42.5 Å². The largest absolute Gasteiger partial charge is 0.493 e. The van der Waals surface area contributed by atoms with Crippen LogP contribution in [0.15, 0.2) is 54.6 Å². The van der Waals surface area contributed by atoms with Gasteiger partial charge in [-0.3, -0.25) is 4.79 Å². The molecular formula is C17H19NO2. The van der Waals surface area contributed by atoms with E-state index in [0.717, 1.165) is 16.9 Å². The van der Waals surface area contributed by atoms with E-state index in [4.69, 9.17) is 4.74 Å². The van der Waals surface area contributed by atoms with Gasteiger partial charge < -0.3 is 10.1 Å². The second-order valence-electron chi connectivity index (χ2n) is 4.68. The first-order valence-corrected chi connectivity index (χ1v) is 6.74. The molecule has 20 heavy (non-hydrogen) atoms. The summed E-state index contributed by atoms with van der Waals surface area (Å²) < 4.78 is 5.55. The van der Waals surface area contributed by atoms with Crippen molar-refractivity contribution in [3.63, 3.8) is 0 Å². The second-order valence-corrected chi connectivity index (χ2v) is 4.68. The summed E-state index contributed by atoms with van der Waals surface area (Å²) in [6.07, 6.45) is 0.362. The Balaban J connectivity index is 1.68. The minimum atomic E-state index is 0.00139. The lowest BCUT2D eigenvalue weighted by Crippen LogP contribution is -2.24. The number of amides is 1. The SMILES string of the molecule is Cc1cccc(OCCC(=O)NCc2ccccc2)c1. The monoisotopic (exact) mass is 269 g/mol. The molecular weight excluding hydrogens is 250 g/mol. The van der Waals surface area contributed by atoms with Crippen LogP contribution in [0.25, 0.3) is 0 Å². The second kappa shape index (κ2) is 7.34. The predicted molar refractivity (Wildman–Crippen MR) is 79.6 cm³/mol. The van der Waals surface area contributed by atoms with Crippen molar-refractivity contribution in [2.45, 2.75) is 19.9 Å². The molecule has 0 saturated carbocycles. The normalized spacial score (nSPS) is 10.1. The Morgan fingerprint density at radius 3 is 2.65 bits per heavy atom. The number of nitrogens with one attached hydrogen (secondary N) is 1. The van der Waals surface area contributed by atoms with E-state index in [0.29, 0.717) is 19.6 Å². The summed E-state index contributed by atoms with van der Waals surface area (Å²) in [6, 6.07) is 17.7. The maximum Gasteiger partial charge on any atom is 0.223 e. The molecule has 0 unspecified atom stereocenters. The molecule has 0 bridgehead atoms. The smallest absolute Gasteiger partial charge is 0.223 e. The number of ether oxygens (including phenoxy) is 1. The number of hydrogen-bond donors (Lipinski definition) is 1. The first-order valence-electron chi connectivity index (χ1n) is 6.74. The summed E-state index contributed by atoms with van der Waals surface area (Å²) in [6.45, 7) is 2.97. The van der Waals surface area contributed by atoms with Crippen molar-refractivity contribution in [3.05, 3.63) is 65.7 Å². The van der Waals surface area contributed by atoms with E-state index < -0.39 is 0 Å². The molecule has 0 heterocycles. The summed E-state index contributed by atoms with van der Waals surface area (Å²) in [5.41, 5.74) is 2.25. The van der Waals surface area contributed by atoms with E-state index in [2.05, 4.69) is 5.32 Å². The third-order valence-corrected chi connectivity index (χ3v) is 2.92. The Bertz CT molecular complexity index is 552. The minimum absolute atomic E-state index is 0.00139. The number of benzene rings is 2. The highest BCUT2D eigenvalue weighted by Crippen LogP contribution is 2.12. The van der Waals surface area contributed by atoms with Crippen molar-refractivity contribution in [1.82, 2.24) is 5.32 Å². The topological polar surface area (TPSA) is 38.3 Å². The van der Waals surface area contributed by atoms with Gasteiger partial charge in [0.1, 0.15) is 5.75 Å². The van der Waals surface area contributed by atoms with E-state index in [1.54, 1.807) is 0 Å². The summed E-state index contributed by atoms with van der Waals surface area (Å²) in [5, 5.41) is 2.88. The molecule has 0 aliphatic heterocycles. The van der Waals surface area contributed by atoms with E-state index in [1.807, 2.05) is 61.5 Å². The van der Waals surface area contributed by atoms with Gasteiger partial charge in [0, 0.05) is 6.54 Å². The van der Waals surface area contributed by atoms with Gasteiger partial charge in [0.2, 0.25) is 5.91 Å². The van der Waals surface area contributed by atoms with E-state index in [9.17, 15) is 4.79 Å². The van der Waals surface area contributed by atoms with Gasteiger partial charge in [0.25, 0.3) is 0 Å². The highest BCUT2D eigenvalue weighted by Gasteiger charge is 2.02. The van der Waals surface area contributed by atoms with Gasteiger partial charge >= 0.3 is 0 Å². The third-order valence-electron chi connectivity index (χ3n) is 2.92. The van der Waals surface area contributed by atoms with Crippen molar-refractivity contribution >= 4 is 5.91 Å². The molecule has 0 aromatic heterocycles. The summed E-state index contributed by atoms with van der Waals surface area (Å²) in [4.78, 5) is 11.7. The van der Waals surface area contributed by atoms with Gasteiger partial charge in [-0.2, -0.15) is 0 Å². The predicted octanol–water partition coefficient (Wildman–Crippen LogP) is 3.08. The Labute approximate surface area is 119 Å². The first-order chi connectivity index (χ1) is 9.74. The van der Waals surface area contributed by atoms with Crippen LogP contribution < -0.4 is 10.1 Å². The molecule has 0 aliphatic rings. The quantitative estimate of drug-likeness (QED) is 0.875. The Hall–Kier alpha value is -2.29. The van der Waals surface area contributed by atoms with Crippen LogP contribution in [-0.4, -0.2) is 12.5 Å². The average Bonchev–Trinajstić information content (AvgIpc) is 2.46. The molecule has 3 nitrogen and oxygen atoms in total. The van der Waals surface area contributed by atoms with Crippen LogP contribution in [0.3, 0.4) is 0 Å². The Kier molecular flexibility index (Phi) is 5.18. The van der Waals surface area contributed by atoms with Crippen LogP contribution in [0.4, 0.5) is 0 Å². The highest BCUT2D eigenvalue weighted by atomic mass is 16.5. The Morgan fingerprint density at radius 1 is 1.10 bits per heavy atom. The fourth-order valence-electron chi connectivity index (χ4n) is 1.85. The van der Waals surface area contributed by atoms with Crippen molar-refractivity contribution in [1.29, 1.82) is 0 Å². The van der Waals surface area contributed by atoms with Crippen LogP contribution in [-0.2, 0) is 11.3 Å². The first kappa shape index (κ1) is 14.1. The van der Waals surface area contributed by atoms with Gasteiger partial charge in [-0.05, 0) is 30.2 Å². The van der Waals surface area contributed by atoms with Gasteiger partial charge in [-0.15, -0.1) is 0 Å². The molecule has 104 valence electrons. The van der Waals surface area contributed by atoms with Crippen molar-refractivity contribution < 1.29 is 9.53 Å². The molecule has 0 atom stereocenters. The number of hydrogen-bond acceptors (Lipinski definition) is 2. The number of rotatable bonds is 6. The summed E-state index contributed by atoms with van der Waals surface area (Å²) >= 11 is 0. The molecule has 0 spiro atoms. The highest BCUT2D eigenvalue weighted by molar-refractivity contribution is 5.75.